The maximum atomic E-state index is 11.9. The van der Waals surface area contributed by atoms with Crippen LogP contribution in [-0.4, -0.2) is 16.1 Å². The van der Waals surface area contributed by atoms with E-state index in [-0.39, 0.29) is 12.3 Å². The quantitative estimate of drug-likeness (QED) is 0.928. The number of aryl methyl sites for hydroxylation is 1. The third-order valence-corrected chi connectivity index (χ3v) is 3.06. The average Bonchev–Trinajstić information content (AvgIpc) is 2.42. The SMILES string of the molecule is Cc1ccc(CC(=O)Nc2ccc(C(C)C)cc2)nn1. The molecule has 0 aliphatic heterocycles. The van der Waals surface area contributed by atoms with Gasteiger partial charge < -0.3 is 5.32 Å². The molecule has 1 aromatic heterocycles. The molecule has 0 spiro atoms. The molecule has 4 heteroatoms. The topological polar surface area (TPSA) is 54.9 Å². The van der Waals surface area contributed by atoms with Crippen molar-refractivity contribution in [3.8, 4) is 0 Å². The fourth-order valence-electron chi connectivity index (χ4n) is 1.84. The summed E-state index contributed by atoms with van der Waals surface area (Å²) in [6.07, 6.45) is 0.235. The minimum absolute atomic E-state index is 0.0829. The molecule has 2 aromatic rings. The minimum atomic E-state index is -0.0829. The molecule has 0 aliphatic carbocycles. The second-order valence-electron chi connectivity index (χ2n) is 5.17. The largest absolute Gasteiger partial charge is 0.326 e. The molecule has 1 heterocycles. The lowest BCUT2D eigenvalue weighted by molar-refractivity contribution is -0.115. The number of rotatable bonds is 4. The Kier molecular flexibility index (Phi) is 4.45. The zero-order valence-electron chi connectivity index (χ0n) is 12.1. The average molecular weight is 269 g/mol. The van der Waals surface area contributed by atoms with E-state index in [0.717, 1.165) is 11.4 Å². The van der Waals surface area contributed by atoms with Gasteiger partial charge in [-0.15, -0.1) is 0 Å². The molecule has 0 saturated carbocycles. The van der Waals surface area contributed by atoms with Crippen LogP contribution in [0.15, 0.2) is 36.4 Å². The van der Waals surface area contributed by atoms with E-state index >= 15 is 0 Å². The third-order valence-electron chi connectivity index (χ3n) is 3.06. The fraction of sp³-hybridized carbons (Fsp3) is 0.312. The zero-order valence-corrected chi connectivity index (χ0v) is 12.1. The molecule has 0 radical (unpaired) electrons. The number of carbonyl (C=O) groups excluding carboxylic acids is 1. The van der Waals surface area contributed by atoms with Gasteiger partial charge in [-0.3, -0.25) is 4.79 Å². The standard InChI is InChI=1S/C16H19N3O/c1-11(2)13-5-8-14(9-6-13)17-16(20)10-15-7-4-12(3)18-19-15/h4-9,11H,10H2,1-3H3,(H,17,20). The number of benzene rings is 1. The first-order chi connectivity index (χ1) is 9.54. The molecular weight excluding hydrogens is 250 g/mol. The number of aromatic nitrogens is 2. The smallest absolute Gasteiger partial charge is 0.230 e. The molecule has 2 rings (SSSR count). The highest BCUT2D eigenvalue weighted by molar-refractivity contribution is 5.91. The monoisotopic (exact) mass is 269 g/mol. The van der Waals surface area contributed by atoms with Crippen LogP contribution >= 0.6 is 0 Å². The van der Waals surface area contributed by atoms with Crippen LogP contribution in [0.1, 0.15) is 36.7 Å². The van der Waals surface area contributed by atoms with Crippen molar-refractivity contribution in [2.24, 2.45) is 0 Å². The molecule has 0 atom stereocenters. The van der Waals surface area contributed by atoms with Crippen molar-refractivity contribution in [3.05, 3.63) is 53.3 Å². The minimum Gasteiger partial charge on any atom is -0.326 e. The molecule has 0 fully saturated rings. The summed E-state index contributed by atoms with van der Waals surface area (Å²) in [5.74, 6) is 0.406. The van der Waals surface area contributed by atoms with Crippen molar-refractivity contribution in [3.63, 3.8) is 0 Å². The van der Waals surface area contributed by atoms with E-state index in [0.29, 0.717) is 11.6 Å². The number of hydrogen-bond donors (Lipinski definition) is 1. The van der Waals surface area contributed by atoms with Gasteiger partial charge in [-0.2, -0.15) is 10.2 Å². The summed E-state index contributed by atoms with van der Waals surface area (Å²) in [5, 5.41) is 10.8. The Labute approximate surface area is 119 Å². The van der Waals surface area contributed by atoms with Gasteiger partial charge >= 0.3 is 0 Å². The number of amides is 1. The molecule has 0 bridgehead atoms. The van der Waals surface area contributed by atoms with Gasteiger partial charge in [0.15, 0.2) is 0 Å². The van der Waals surface area contributed by atoms with E-state index in [1.165, 1.54) is 5.56 Å². The predicted octanol–water partition coefficient (Wildman–Crippen LogP) is 3.09. The maximum Gasteiger partial charge on any atom is 0.230 e. The zero-order chi connectivity index (χ0) is 14.5. The van der Waals surface area contributed by atoms with Crippen molar-refractivity contribution in [2.45, 2.75) is 33.1 Å². The summed E-state index contributed by atoms with van der Waals surface area (Å²) >= 11 is 0. The summed E-state index contributed by atoms with van der Waals surface area (Å²) < 4.78 is 0. The first kappa shape index (κ1) is 14.2. The van der Waals surface area contributed by atoms with E-state index in [2.05, 4.69) is 29.4 Å². The first-order valence-corrected chi connectivity index (χ1v) is 6.73. The Morgan fingerprint density at radius 3 is 2.35 bits per heavy atom. The summed E-state index contributed by atoms with van der Waals surface area (Å²) in [5.41, 5.74) is 3.58. The molecule has 20 heavy (non-hydrogen) atoms. The summed E-state index contributed by atoms with van der Waals surface area (Å²) in [6, 6.07) is 11.6. The van der Waals surface area contributed by atoms with Crippen molar-refractivity contribution in [1.82, 2.24) is 10.2 Å². The van der Waals surface area contributed by atoms with Crippen molar-refractivity contribution >= 4 is 11.6 Å². The first-order valence-electron chi connectivity index (χ1n) is 6.73. The molecular formula is C16H19N3O. The summed E-state index contributed by atoms with van der Waals surface area (Å²) in [7, 11) is 0. The van der Waals surface area contributed by atoms with E-state index in [1.54, 1.807) is 0 Å². The van der Waals surface area contributed by atoms with Gasteiger partial charge in [0, 0.05) is 5.69 Å². The van der Waals surface area contributed by atoms with Gasteiger partial charge in [-0.1, -0.05) is 26.0 Å². The van der Waals surface area contributed by atoms with Crippen LogP contribution in [0.25, 0.3) is 0 Å². The lowest BCUT2D eigenvalue weighted by atomic mass is 10.0. The van der Waals surface area contributed by atoms with Crippen molar-refractivity contribution < 1.29 is 4.79 Å². The van der Waals surface area contributed by atoms with Gasteiger partial charge in [0.05, 0.1) is 17.8 Å². The van der Waals surface area contributed by atoms with E-state index in [1.807, 2.05) is 43.3 Å². The molecule has 1 amide bonds. The Hall–Kier alpha value is -2.23. The molecule has 0 aliphatic rings. The molecule has 0 saturated heterocycles. The van der Waals surface area contributed by atoms with Crippen LogP contribution < -0.4 is 5.32 Å². The van der Waals surface area contributed by atoms with E-state index in [4.69, 9.17) is 0 Å². The number of carbonyl (C=O) groups is 1. The number of nitrogens with zero attached hydrogens (tertiary/aromatic N) is 2. The van der Waals surface area contributed by atoms with Crippen LogP contribution in [0, 0.1) is 6.92 Å². The lowest BCUT2D eigenvalue weighted by Crippen LogP contribution is -2.15. The Bertz CT molecular complexity index is 574. The van der Waals surface area contributed by atoms with Crippen LogP contribution in [0.2, 0.25) is 0 Å². The van der Waals surface area contributed by atoms with Crippen molar-refractivity contribution in [2.75, 3.05) is 5.32 Å². The lowest BCUT2D eigenvalue weighted by Gasteiger charge is -2.08. The maximum absolute atomic E-state index is 11.9. The van der Waals surface area contributed by atoms with Crippen LogP contribution in [0.3, 0.4) is 0 Å². The highest BCUT2D eigenvalue weighted by atomic mass is 16.1. The van der Waals surface area contributed by atoms with Gasteiger partial charge in [0.1, 0.15) is 0 Å². The number of hydrogen-bond acceptors (Lipinski definition) is 3. The highest BCUT2D eigenvalue weighted by Crippen LogP contribution is 2.17. The van der Waals surface area contributed by atoms with Gasteiger partial charge in [0.2, 0.25) is 5.91 Å². The molecule has 1 N–H and O–H groups in total. The third kappa shape index (κ3) is 3.88. The summed E-state index contributed by atoms with van der Waals surface area (Å²) in [4.78, 5) is 11.9. The summed E-state index contributed by atoms with van der Waals surface area (Å²) in [6.45, 7) is 6.15. The van der Waals surface area contributed by atoms with E-state index < -0.39 is 0 Å². The van der Waals surface area contributed by atoms with E-state index in [9.17, 15) is 4.79 Å². The number of anilines is 1. The van der Waals surface area contributed by atoms with Crippen LogP contribution in [0.5, 0.6) is 0 Å². The fourth-order valence-corrected chi connectivity index (χ4v) is 1.84. The number of nitrogens with one attached hydrogen (secondary N) is 1. The Morgan fingerprint density at radius 2 is 1.80 bits per heavy atom. The second-order valence-corrected chi connectivity index (χ2v) is 5.17. The van der Waals surface area contributed by atoms with Crippen LogP contribution in [0.4, 0.5) is 5.69 Å². The van der Waals surface area contributed by atoms with Gasteiger partial charge in [-0.25, -0.2) is 0 Å². The van der Waals surface area contributed by atoms with Gasteiger partial charge in [-0.05, 0) is 42.7 Å². The molecule has 1 aromatic carbocycles. The highest BCUT2D eigenvalue weighted by Gasteiger charge is 2.06. The second kappa shape index (κ2) is 6.28. The Morgan fingerprint density at radius 1 is 1.10 bits per heavy atom. The van der Waals surface area contributed by atoms with Crippen molar-refractivity contribution in [1.29, 1.82) is 0 Å². The predicted molar refractivity (Wildman–Crippen MR) is 79.6 cm³/mol. The van der Waals surface area contributed by atoms with Crippen LogP contribution in [-0.2, 0) is 11.2 Å². The molecule has 0 unspecified atom stereocenters. The molecule has 104 valence electrons. The Balaban J connectivity index is 1.95. The molecule has 4 nitrogen and oxygen atoms in total. The normalized spacial score (nSPS) is 10.6. The van der Waals surface area contributed by atoms with Gasteiger partial charge in [0.25, 0.3) is 0 Å².